The van der Waals surface area contributed by atoms with E-state index >= 15 is 0 Å². The van der Waals surface area contributed by atoms with Crippen LogP contribution in [0.4, 0.5) is 20.6 Å². The number of carbonyl (C=O) groups excluding carboxylic acids is 2. The Hall–Kier alpha value is -2.71. The fraction of sp³-hybridized carbons (Fsp3) is 0.500. The number of hydrogen-bond acceptors (Lipinski definition) is 4. The summed E-state index contributed by atoms with van der Waals surface area (Å²) in [7, 11) is 0. The second-order valence-corrected chi connectivity index (χ2v) is 6.28. The van der Waals surface area contributed by atoms with Crippen LogP contribution in [0.2, 0.25) is 0 Å². The predicted octanol–water partition coefficient (Wildman–Crippen LogP) is 2.50. The van der Waals surface area contributed by atoms with E-state index < -0.39 is 16.4 Å². The molecule has 25 heavy (non-hydrogen) atoms. The highest BCUT2D eigenvalue weighted by molar-refractivity contribution is 5.93. The Balaban J connectivity index is 1.92. The first-order chi connectivity index (χ1) is 11.8. The Kier molecular flexibility index (Phi) is 5.89. The molecule has 0 radical (unpaired) electrons. The maximum absolute atomic E-state index is 13.3. The molecule has 1 fully saturated rings. The van der Waals surface area contributed by atoms with E-state index in [1.165, 1.54) is 6.07 Å². The molecule has 0 atom stereocenters. The molecule has 1 aromatic rings. The van der Waals surface area contributed by atoms with Crippen molar-refractivity contribution in [2.75, 3.05) is 18.4 Å². The lowest BCUT2D eigenvalue weighted by molar-refractivity contribution is -0.387. The van der Waals surface area contributed by atoms with E-state index in [0.29, 0.717) is 25.9 Å². The zero-order valence-corrected chi connectivity index (χ0v) is 14.1. The summed E-state index contributed by atoms with van der Waals surface area (Å²) >= 11 is 0. The van der Waals surface area contributed by atoms with E-state index in [4.69, 9.17) is 0 Å². The summed E-state index contributed by atoms with van der Waals surface area (Å²) in [6.45, 7) is 4.67. The zero-order valence-electron chi connectivity index (χ0n) is 14.1. The van der Waals surface area contributed by atoms with Crippen molar-refractivity contribution in [2.45, 2.75) is 32.7 Å². The van der Waals surface area contributed by atoms with E-state index in [1.807, 2.05) is 13.8 Å². The van der Waals surface area contributed by atoms with Gasteiger partial charge in [-0.05, 0) is 38.8 Å². The van der Waals surface area contributed by atoms with Gasteiger partial charge in [-0.15, -0.1) is 0 Å². The molecule has 0 spiro atoms. The molecule has 0 bridgehead atoms. The molecule has 136 valence electrons. The normalized spacial score (nSPS) is 15.1. The van der Waals surface area contributed by atoms with Crippen molar-refractivity contribution in [1.82, 2.24) is 10.2 Å². The lowest BCUT2D eigenvalue weighted by Gasteiger charge is -2.31. The molecular weight excluding hydrogens is 331 g/mol. The van der Waals surface area contributed by atoms with Crippen molar-refractivity contribution in [3.05, 3.63) is 34.1 Å². The van der Waals surface area contributed by atoms with E-state index in [1.54, 1.807) is 4.90 Å². The molecule has 9 heteroatoms. The number of benzene rings is 1. The van der Waals surface area contributed by atoms with Gasteiger partial charge >= 0.3 is 11.7 Å². The number of nitrogens with zero attached hydrogens (tertiary/aromatic N) is 2. The Bertz CT molecular complexity index is 672. The number of likely N-dealkylation sites (tertiary alicyclic amines) is 1. The number of halogens is 1. The van der Waals surface area contributed by atoms with Crippen molar-refractivity contribution < 1.29 is 18.9 Å². The van der Waals surface area contributed by atoms with Crippen LogP contribution in [0, 0.1) is 21.8 Å². The highest BCUT2D eigenvalue weighted by Crippen LogP contribution is 2.24. The first-order valence-electron chi connectivity index (χ1n) is 8.08. The van der Waals surface area contributed by atoms with Crippen LogP contribution in [-0.2, 0) is 4.79 Å². The molecule has 8 nitrogen and oxygen atoms in total. The third kappa shape index (κ3) is 4.88. The molecule has 1 aliphatic rings. The van der Waals surface area contributed by atoms with Gasteiger partial charge in [0.2, 0.25) is 11.7 Å². The van der Waals surface area contributed by atoms with Crippen LogP contribution < -0.4 is 10.6 Å². The smallest absolute Gasteiger partial charge is 0.317 e. The minimum absolute atomic E-state index is 0.0442. The number of amides is 3. The largest absolute Gasteiger partial charge is 0.336 e. The summed E-state index contributed by atoms with van der Waals surface area (Å²) in [5.74, 6) is -1.54. The minimum atomic E-state index is -0.951. The second kappa shape index (κ2) is 7.91. The first-order valence-corrected chi connectivity index (χ1v) is 8.08. The molecule has 2 rings (SSSR count). The van der Waals surface area contributed by atoms with Gasteiger partial charge in [0.25, 0.3) is 0 Å². The highest BCUT2D eigenvalue weighted by Gasteiger charge is 2.28. The number of anilines is 1. The van der Waals surface area contributed by atoms with E-state index in [-0.39, 0.29) is 29.6 Å². The van der Waals surface area contributed by atoms with Crippen molar-refractivity contribution in [1.29, 1.82) is 0 Å². The van der Waals surface area contributed by atoms with Gasteiger partial charge in [0, 0.05) is 36.8 Å². The molecule has 1 saturated heterocycles. The Morgan fingerprint density at radius 1 is 1.32 bits per heavy atom. The maximum atomic E-state index is 13.3. The van der Waals surface area contributed by atoms with Gasteiger partial charge in [0.15, 0.2) is 0 Å². The van der Waals surface area contributed by atoms with Crippen molar-refractivity contribution in [2.24, 2.45) is 5.92 Å². The molecular formula is C16H21FN4O4. The summed E-state index contributed by atoms with van der Waals surface area (Å²) in [6, 6.07) is 3.13. The number of nitrogens with one attached hydrogen (secondary N) is 2. The Morgan fingerprint density at radius 3 is 2.52 bits per heavy atom. The fourth-order valence-electron chi connectivity index (χ4n) is 2.66. The van der Waals surface area contributed by atoms with Crippen LogP contribution in [0.5, 0.6) is 0 Å². The third-order valence-electron chi connectivity index (χ3n) is 3.98. The summed E-state index contributed by atoms with van der Waals surface area (Å²) in [5, 5.41) is 16.1. The van der Waals surface area contributed by atoms with Gasteiger partial charge in [-0.2, -0.15) is 4.39 Å². The summed E-state index contributed by atoms with van der Waals surface area (Å²) in [4.78, 5) is 35.8. The molecule has 1 heterocycles. The number of hydrogen-bond donors (Lipinski definition) is 2. The average Bonchev–Trinajstić information content (AvgIpc) is 2.55. The van der Waals surface area contributed by atoms with Crippen molar-refractivity contribution in [3.63, 3.8) is 0 Å². The third-order valence-corrected chi connectivity index (χ3v) is 3.98. The predicted molar refractivity (Wildman–Crippen MR) is 89.6 cm³/mol. The summed E-state index contributed by atoms with van der Waals surface area (Å²) in [5.41, 5.74) is -0.504. The van der Waals surface area contributed by atoms with Crippen LogP contribution in [-0.4, -0.2) is 40.9 Å². The maximum Gasteiger partial charge on any atom is 0.317 e. The number of piperidine rings is 1. The second-order valence-electron chi connectivity index (χ2n) is 6.28. The van der Waals surface area contributed by atoms with Gasteiger partial charge in [-0.25, -0.2) is 4.79 Å². The molecule has 0 aromatic heterocycles. The van der Waals surface area contributed by atoms with Crippen LogP contribution in [0.3, 0.4) is 0 Å². The van der Waals surface area contributed by atoms with Gasteiger partial charge in [0.05, 0.1) is 4.92 Å². The number of nitro benzene ring substituents is 1. The average molecular weight is 352 g/mol. The van der Waals surface area contributed by atoms with Gasteiger partial charge in [-0.1, -0.05) is 0 Å². The van der Waals surface area contributed by atoms with Crippen LogP contribution >= 0.6 is 0 Å². The fourth-order valence-corrected chi connectivity index (χ4v) is 2.66. The summed E-state index contributed by atoms with van der Waals surface area (Å²) in [6.07, 6.45) is 1.00. The molecule has 0 aliphatic carbocycles. The molecule has 0 unspecified atom stereocenters. The lowest BCUT2D eigenvalue weighted by atomic mass is 9.96. The van der Waals surface area contributed by atoms with Crippen LogP contribution in [0.1, 0.15) is 26.7 Å². The van der Waals surface area contributed by atoms with Crippen LogP contribution in [0.15, 0.2) is 18.2 Å². The molecule has 1 aromatic carbocycles. The monoisotopic (exact) mass is 352 g/mol. The van der Waals surface area contributed by atoms with Crippen LogP contribution in [0.25, 0.3) is 0 Å². The molecule has 0 saturated carbocycles. The zero-order chi connectivity index (χ0) is 18.6. The Morgan fingerprint density at radius 2 is 1.96 bits per heavy atom. The quantitative estimate of drug-likeness (QED) is 0.641. The van der Waals surface area contributed by atoms with Gasteiger partial charge in [-0.3, -0.25) is 14.9 Å². The standard InChI is InChI=1S/C16H21FN4O4/c1-10(2)18-16(23)20-7-5-11(6-8-20)15(22)19-12-3-4-13(17)14(9-12)21(24)25/h3-4,9-11H,5-8H2,1-2H3,(H,18,23)(H,19,22). The molecule has 1 aliphatic heterocycles. The number of carbonyl (C=O) groups is 2. The SMILES string of the molecule is CC(C)NC(=O)N1CCC(C(=O)Nc2ccc(F)c([N+](=O)[O-])c2)CC1. The van der Waals surface area contributed by atoms with Gasteiger partial charge < -0.3 is 15.5 Å². The minimum Gasteiger partial charge on any atom is -0.336 e. The van der Waals surface area contributed by atoms with Crippen molar-refractivity contribution >= 4 is 23.3 Å². The first kappa shape index (κ1) is 18.6. The van der Waals surface area contributed by atoms with Gasteiger partial charge in [0.1, 0.15) is 0 Å². The number of urea groups is 1. The molecule has 3 amide bonds. The molecule has 2 N–H and O–H groups in total. The van der Waals surface area contributed by atoms with E-state index in [2.05, 4.69) is 10.6 Å². The highest BCUT2D eigenvalue weighted by atomic mass is 19.1. The lowest BCUT2D eigenvalue weighted by Crippen LogP contribution is -2.47. The topological polar surface area (TPSA) is 105 Å². The van der Waals surface area contributed by atoms with E-state index in [0.717, 1.165) is 12.1 Å². The number of nitro groups is 1. The van der Waals surface area contributed by atoms with E-state index in [9.17, 15) is 24.1 Å². The summed E-state index contributed by atoms with van der Waals surface area (Å²) < 4.78 is 13.3. The van der Waals surface area contributed by atoms with Crippen molar-refractivity contribution in [3.8, 4) is 0 Å². The number of rotatable bonds is 4. The Labute approximate surface area is 144 Å².